The maximum Gasteiger partial charge on any atom is 0.255 e. The maximum absolute atomic E-state index is 13.2. The summed E-state index contributed by atoms with van der Waals surface area (Å²) in [4.78, 5) is 28.9. The fraction of sp³-hybridized carbons (Fsp3) is 0.212. The van der Waals surface area contributed by atoms with Gasteiger partial charge in [-0.2, -0.15) is 0 Å². The van der Waals surface area contributed by atoms with Crippen LogP contribution in [0.4, 0.5) is 22.9 Å². The van der Waals surface area contributed by atoms with Crippen molar-refractivity contribution in [2.45, 2.75) is 48.9 Å². The quantitative estimate of drug-likeness (QED) is 0.112. The van der Waals surface area contributed by atoms with Gasteiger partial charge in [0.15, 0.2) is 5.65 Å². The van der Waals surface area contributed by atoms with Gasteiger partial charge < -0.3 is 21.7 Å². The molecule has 2 heterocycles. The summed E-state index contributed by atoms with van der Waals surface area (Å²) >= 11 is 5.03. The van der Waals surface area contributed by atoms with Gasteiger partial charge in [0.05, 0.1) is 11.1 Å². The highest BCUT2D eigenvalue weighted by Crippen LogP contribution is 2.37. The molecular formula is C33H34BrN7OS. The summed E-state index contributed by atoms with van der Waals surface area (Å²) in [6.07, 6.45) is 2.43. The second-order valence-corrected chi connectivity index (χ2v) is 12.5. The maximum atomic E-state index is 13.2. The van der Waals surface area contributed by atoms with Crippen molar-refractivity contribution in [2.75, 3.05) is 22.5 Å². The number of nitrogens with one attached hydrogen (secondary N) is 3. The summed E-state index contributed by atoms with van der Waals surface area (Å²) in [5.41, 5.74) is 10.6. The molecule has 5 aromatic rings. The van der Waals surface area contributed by atoms with E-state index in [-0.39, 0.29) is 17.9 Å². The first-order valence-corrected chi connectivity index (χ1v) is 15.8. The molecule has 43 heavy (non-hydrogen) atoms. The number of hydrogen-bond donors (Lipinski definition) is 4. The number of anilines is 4. The first-order valence-electron chi connectivity index (χ1n) is 14.2. The van der Waals surface area contributed by atoms with Crippen molar-refractivity contribution in [3.63, 3.8) is 0 Å². The summed E-state index contributed by atoms with van der Waals surface area (Å²) < 4.78 is 0.943. The summed E-state index contributed by atoms with van der Waals surface area (Å²) in [6.45, 7) is 7.01. The van der Waals surface area contributed by atoms with E-state index < -0.39 is 0 Å². The number of benzene rings is 3. The average Bonchev–Trinajstić information content (AvgIpc) is 3.02. The lowest BCUT2D eigenvalue weighted by Crippen LogP contribution is -2.27. The number of fused-ring (bicyclic) bond motifs is 1. The van der Waals surface area contributed by atoms with Crippen molar-refractivity contribution in [1.29, 1.82) is 0 Å². The average molecular weight is 657 g/mol. The van der Waals surface area contributed by atoms with E-state index in [1.165, 1.54) is 6.33 Å². The lowest BCUT2D eigenvalue weighted by atomic mass is 10.1. The topological polar surface area (TPSA) is 118 Å². The zero-order valence-corrected chi connectivity index (χ0v) is 26.7. The Morgan fingerprint density at radius 2 is 1.70 bits per heavy atom. The zero-order valence-electron chi connectivity index (χ0n) is 24.3. The van der Waals surface area contributed by atoms with Gasteiger partial charge in [-0.3, -0.25) is 4.79 Å². The van der Waals surface area contributed by atoms with Crippen LogP contribution in [-0.4, -0.2) is 33.4 Å². The monoisotopic (exact) mass is 655 g/mol. The SMILES string of the molecule is CCC(N)CNc1ccc(Sc2ccc(C(=O)Nc3ccc(Br)cc3)cc2Nc2ncnc3nc(C(C)C)ccc23)cc1. The Morgan fingerprint density at radius 1 is 0.953 bits per heavy atom. The number of nitrogens with two attached hydrogens (primary N) is 1. The molecule has 0 saturated heterocycles. The Labute approximate surface area is 264 Å². The number of pyridine rings is 1. The van der Waals surface area contributed by atoms with Gasteiger partial charge >= 0.3 is 0 Å². The van der Waals surface area contributed by atoms with Crippen LogP contribution in [0.5, 0.6) is 0 Å². The van der Waals surface area contributed by atoms with Crippen LogP contribution < -0.4 is 21.7 Å². The van der Waals surface area contributed by atoms with Gasteiger partial charge in [-0.25, -0.2) is 15.0 Å². The lowest BCUT2D eigenvalue weighted by molar-refractivity contribution is 0.102. The smallest absolute Gasteiger partial charge is 0.255 e. The van der Waals surface area contributed by atoms with Gasteiger partial charge in [-0.05, 0) is 91.2 Å². The summed E-state index contributed by atoms with van der Waals surface area (Å²) in [5, 5.41) is 10.6. The van der Waals surface area contributed by atoms with Crippen LogP contribution in [0.1, 0.15) is 49.2 Å². The molecule has 5 N–H and O–H groups in total. The van der Waals surface area contributed by atoms with Crippen molar-refractivity contribution in [3.8, 4) is 0 Å². The molecule has 0 radical (unpaired) electrons. The van der Waals surface area contributed by atoms with E-state index in [9.17, 15) is 4.79 Å². The molecule has 1 amide bonds. The number of amides is 1. The van der Waals surface area contributed by atoms with Crippen LogP contribution in [0.25, 0.3) is 11.0 Å². The number of carbonyl (C=O) groups excluding carboxylic acids is 1. The van der Waals surface area contributed by atoms with E-state index in [1.807, 2.05) is 66.7 Å². The standard InChI is InChI=1S/C33H34BrN7OS/c1-4-23(35)18-36-24-10-12-26(13-11-24)43-30-16-5-21(33(42)39-25-8-6-22(34)7-9-25)17-29(30)41-32-27-14-15-28(20(2)3)40-31(27)37-19-38-32/h5-17,19-20,23,36H,4,18,35H2,1-3H3,(H,39,42)(H,37,38,40,41). The zero-order chi connectivity index (χ0) is 30.3. The molecule has 1 unspecified atom stereocenters. The van der Waals surface area contributed by atoms with Crippen LogP contribution in [0.3, 0.4) is 0 Å². The number of rotatable bonds is 11. The van der Waals surface area contributed by atoms with Crippen molar-refractivity contribution in [2.24, 2.45) is 5.73 Å². The first-order chi connectivity index (χ1) is 20.8. The van der Waals surface area contributed by atoms with Crippen LogP contribution in [0.2, 0.25) is 0 Å². The van der Waals surface area contributed by atoms with Gasteiger partial charge in [0, 0.05) is 49.5 Å². The molecule has 1 atom stereocenters. The minimum absolute atomic E-state index is 0.118. The predicted octanol–water partition coefficient (Wildman–Crippen LogP) is 8.21. The highest BCUT2D eigenvalue weighted by Gasteiger charge is 2.15. The second-order valence-electron chi connectivity index (χ2n) is 10.5. The minimum Gasteiger partial charge on any atom is -0.383 e. The number of halogens is 1. The fourth-order valence-corrected chi connectivity index (χ4v) is 5.41. The first kappa shape index (κ1) is 30.5. The summed E-state index contributed by atoms with van der Waals surface area (Å²) in [7, 11) is 0. The van der Waals surface area contributed by atoms with E-state index in [0.717, 1.165) is 49.7 Å². The summed E-state index contributed by atoms with van der Waals surface area (Å²) in [6, 6.07) is 25.5. The highest BCUT2D eigenvalue weighted by atomic mass is 79.9. The molecule has 0 fully saturated rings. The Hall–Kier alpha value is -3.99. The normalized spacial score (nSPS) is 11.9. The third kappa shape index (κ3) is 7.90. The van der Waals surface area contributed by atoms with E-state index in [0.29, 0.717) is 22.7 Å². The Kier molecular flexibility index (Phi) is 9.91. The molecule has 220 valence electrons. The number of carbonyl (C=O) groups is 1. The largest absolute Gasteiger partial charge is 0.383 e. The number of hydrogen-bond acceptors (Lipinski definition) is 8. The summed E-state index contributed by atoms with van der Waals surface area (Å²) in [5.74, 6) is 0.690. The molecule has 10 heteroatoms. The van der Waals surface area contributed by atoms with Crippen molar-refractivity contribution < 1.29 is 4.79 Å². The molecule has 0 bridgehead atoms. The molecule has 0 aliphatic heterocycles. The third-order valence-electron chi connectivity index (χ3n) is 6.88. The molecule has 8 nitrogen and oxygen atoms in total. The molecule has 0 aliphatic rings. The minimum atomic E-state index is -0.210. The molecule has 0 spiro atoms. The van der Waals surface area contributed by atoms with E-state index >= 15 is 0 Å². The molecule has 2 aromatic heterocycles. The molecule has 0 aliphatic carbocycles. The van der Waals surface area contributed by atoms with Crippen LogP contribution in [0, 0.1) is 0 Å². The predicted molar refractivity (Wildman–Crippen MR) is 181 cm³/mol. The third-order valence-corrected chi connectivity index (χ3v) is 8.49. The lowest BCUT2D eigenvalue weighted by Gasteiger charge is -2.15. The number of aromatic nitrogens is 3. The highest BCUT2D eigenvalue weighted by molar-refractivity contribution is 9.10. The van der Waals surface area contributed by atoms with Gasteiger partial charge in [-0.1, -0.05) is 48.5 Å². The van der Waals surface area contributed by atoms with Gasteiger partial charge in [0.1, 0.15) is 12.1 Å². The van der Waals surface area contributed by atoms with Crippen LogP contribution in [-0.2, 0) is 0 Å². The van der Waals surface area contributed by atoms with Gasteiger partial charge in [0.2, 0.25) is 0 Å². The van der Waals surface area contributed by atoms with Crippen LogP contribution >= 0.6 is 27.7 Å². The Balaban J connectivity index is 1.45. The van der Waals surface area contributed by atoms with Gasteiger partial charge in [-0.15, -0.1) is 0 Å². The second kappa shape index (κ2) is 14.0. The Bertz CT molecular complexity index is 1710. The van der Waals surface area contributed by atoms with E-state index in [1.54, 1.807) is 11.8 Å². The molecule has 5 rings (SSSR count). The molecular weight excluding hydrogens is 622 g/mol. The van der Waals surface area contributed by atoms with Crippen molar-refractivity contribution in [1.82, 2.24) is 15.0 Å². The Morgan fingerprint density at radius 3 is 2.42 bits per heavy atom. The van der Waals surface area contributed by atoms with Gasteiger partial charge in [0.25, 0.3) is 5.91 Å². The number of nitrogens with zero attached hydrogens (tertiary/aromatic N) is 3. The molecule has 3 aromatic carbocycles. The fourth-order valence-electron chi connectivity index (χ4n) is 4.26. The van der Waals surface area contributed by atoms with Crippen molar-refractivity contribution in [3.05, 3.63) is 101 Å². The van der Waals surface area contributed by atoms with Crippen molar-refractivity contribution >= 4 is 67.5 Å². The van der Waals surface area contributed by atoms with Crippen LogP contribution in [0.15, 0.2) is 99.5 Å². The van der Waals surface area contributed by atoms with E-state index in [2.05, 4.69) is 74.8 Å². The van der Waals surface area contributed by atoms with E-state index in [4.69, 9.17) is 10.7 Å². The molecule has 0 saturated carbocycles.